The number of carbonyl (C=O) groups is 2. The molecule has 22 heavy (non-hydrogen) atoms. The summed E-state index contributed by atoms with van der Waals surface area (Å²) in [6, 6.07) is 7.05. The van der Waals surface area contributed by atoms with Crippen molar-refractivity contribution in [3.63, 3.8) is 0 Å². The first kappa shape index (κ1) is 15.3. The van der Waals surface area contributed by atoms with Crippen LogP contribution in [0.3, 0.4) is 0 Å². The number of fused-ring (bicyclic) bond motifs is 3. The van der Waals surface area contributed by atoms with Crippen molar-refractivity contribution in [2.24, 2.45) is 5.73 Å². The molecule has 114 valence electrons. The van der Waals surface area contributed by atoms with Gasteiger partial charge in [-0.05, 0) is 6.07 Å². The Hall–Kier alpha value is -3.09. The molecule has 2 heterocycles. The number of anilines is 1. The number of hydrogen-bond acceptors (Lipinski definition) is 5. The Morgan fingerprint density at radius 3 is 2.59 bits per heavy atom. The molecule has 2 aliphatic rings. The number of benzene rings is 1. The summed E-state index contributed by atoms with van der Waals surface area (Å²) in [4.78, 5) is 24.9. The number of carbonyl (C=O) groups excluding carboxylic acids is 2. The SMILES string of the molecule is COC(C)=O.NC(=O)Nc1cocc2nc3ccccc3c1-2. The lowest BCUT2D eigenvalue weighted by atomic mass is 10.1. The maximum absolute atomic E-state index is 10.9. The number of esters is 1. The van der Waals surface area contributed by atoms with Crippen molar-refractivity contribution in [1.82, 2.24) is 4.98 Å². The summed E-state index contributed by atoms with van der Waals surface area (Å²) in [7, 11) is 1.35. The first-order chi connectivity index (χ1) is 10.5. The van der Waals surface area contributed by atoms with E-state index in [9.17, 15) is 9.59 Å². The van der Waals surface area contributed by atoms with E-state index in [1.807, 2.05) is 24.3 Å². The van der Waals surface area contributed by atoms with E-state index < -0.39 is 6.03 Å². The number of nitrogens with zero attached hydrogens (tertiary/aromatic N) is 1. The average molecular weight is 301 g/mol. The number of amides is 2. The molecule has 0 radical (unpaired) electrons. The number of hydrogen-bond donors (Lipinski definition) is 2. The lowest BCUT2D eigenvalue weighted by Gasteiger charge is -2.06. The van der Waals surface area contributed by atoms with E-state index in [-0.39, 0.29) is 5.97 Å². The molecule has 1 aromatic carbocycles. The van der Waals surface area contributed by atoms with Crippen molar-refractivity contribution in [1.29, 1.82) is 0 Å². The quantitative estimate of drug-likeness (QED) is 0.672. The van der Waals surface area contributed by atoms with Crippen LogP contribution < -0.4 is 11.1 Å². The number of urea groups is 1. The summed E-state index contributed by atoms with van der Waals surface area (Å²) in [6.45, 7) is 1.36. The fourth-order valence-electron chi connectivity index (χ4n) is 1.92. The van der Waals surface area contributed by atoms with Gasteiger partial charge in [-0.1, -0.05) is 18.2 Å². The number of methoxy groups -OCH3 is 1. The zero-order valence-electron chi connectivity index (χ0n) is 12.1. The van der Waals surface area contributed by atoms with Crippen LogP contribution in [0.2, 0.25) is 0 Å². The molecule has 0 spiro atoms. The second-order valence-electron chi connectivity index (χ2n) is 4.36. The van der Waals surface area contributed by atoms with Crippen LogP contribution in [0.25, 0.3) is 22.2 Å². The van der Waals surface area contributed by atoms with E-state index in [4.69, 9.17) is 10.2 Å². The smallest absolute Gasteiger partial charge is 0.316 e. The Bertz CT molecular complexity index is 782. The summed E-state index contributed by atoms with van der Waals surface area (Å²) in [5.74, 6) is -0.245. The first-order valence-corrected chi connectivity index (χ1v) is 6.38. The molecule has 2 amide bonds. The highest BCUT2D eigenvalue weighted by Crippen LogP contribution is 2.36. The molecule has 2 aliphatic heterocycles. The Kier molecular flexibility index (Phi) is 4.57. The van der Waals surface area contributed by atoms with Gasteiger partial charge in [0.1, 0.15) is 18.2 Å². The van der Waals surface area contributed by atoms with Crippen LogP contribution in [0.1, 0.15) is 6.92 Å². The number of primary amides is 1. The number of para-hydroxylation sites is 1. The summed E-state index contributed by atoms with van der Waals surface area (Å²) < 4.78 is 9.23. The third kappa shape index (κ3) is 3.32. The van der Waals surface area contributed by atoms with Gasteiger partial charge in [-0.25, -0.2) is 9.78 Å². The topological polar surface area (TPSA) is 107 Å². The van der Waals surface area contributed by atoms with Crippen molar-refractivity contribution >= 4 is 28.6 Å². The van der Waals surface area contributed by atoms with Crippen molar-refractivity contribution in [2.75, 3.05) is 12.4 Å². The molecule has 1 aromatic rings. The van der Waals surface area contributed by atoms with Crippen LogP contribution in [0, 0.1) is 0 Å². The molecule has 7 heteroatoms. The van der Waals surface area contributed by atoms with Crippen LogP contribution in [-0.2, 0) is 9.53 Å². The van der Waals surface area contributed by atoms with E-state index in [1.165, 1.54) is 20.3 Å². The molecular weight excluding hydrogens is 286 g/mol. The van der Waals surface area contributed by atoms with Crippen molar-refractivity contribution in [2.45, 2.75) is 6.92 Å². The van der Waals surface area contributed by atoms with E-state index in [1.54, 1.807) is 6.26 Å². The van der Waals surface area contributed by atoms with Gasteiger partial charge in [0.15, 0.2) is 0 Å². The van der Waals surface area contributed by atoms with Crippen LogP contribution in [0.15, 0.2) is 41.2 Å². The summed E-state index contributed by atoms with van der Waals surface area (Å²) in [6.07, 6.45) is 2.99. The molecule has 0 fully saturated rings. The first-order valence-electron chi connectivity index (χ1n) is 6.38. The molecule has 3 N–H and O–H groups in total. The largest absolute Gasteiger partial charge is 0.469 e. The van der Waals surface area contributed by atoms with E-state index in [2.05, 4.69) is 15.0 Å². The fourth-order valence-corrected chi connectivity index (χ4v) is 1.92. The fraction of sp³-hybridized carbons (Fsp3) is 0.133. The zero-order valence-corrected chi connectivity index (χ0v) is 12.1. The van der Waals surface area contributed by atoms with Gasteiger partial charge < -0.3 is 20.2 Å². The Labute approximate surface area is 126 Å². The zero-order chi connectivity index (χ0) is 16.1. The summed E-state index contributed by atoms with van der Waals surface area (Å²) in [5, 5.41) is 3.49. The second kappa shape index (κ2) is 6.57. The van der Waals surface area contributed by atoms with Crippen molar-refractivity contribution in [3.05, 3.63) is 36.8 Å². The van der Waals surface area contributed by atoms with Gasteiger partial charge in [-0.15, -0.1) is 0 Å². The number of aromatic nitrogens is 1. The minimum Gasteiger partial charge on any atom is -0.469 e. The van der Waals surface area contributed by atoms with Gasteiger partial charge in [-0.3, -0.25) is 4.79 Å². The lowest BCUT2D eigenvalue weighted by molar-refractivity contribution is -0.137. The Morgan fingerprint density at radius 1 is 1.27 bits per heavy atom. The van der Waals surface area contributed by atoms with Gasteiger partial charge in [0.25, 0.3) is 0 Å². The van der Waals surface area contributed by atoms with Gasteiger partial charge in [0.05, 0.1) is 18.3 Å². The molecule has 0 saturated heterocycles. The Morgan fingerprint density at radius 2 is 1.95 bits per heavy atom. The van der Waals surface area contributed by atoms with E-state index >= 15 is 0 Å². The molecule has 0 unspecified atom stereocenters. The molecular formula is C15H15N3O4. The van der Waals surface area contributed by atoms with Crippen molar-refractivity contribution in [3.8, 4) is 11.3 Å². The highest BCUT2D eigenvalue weighted by atomic mass is 16.5. The number of nitrogens with two attached hydrogens (primary N) is 1. The number of nitrogens with one attached hydrogen (secondary N) is 1. The summed E-state index contributed by atoms with van der Waals surface area (Å²) >= 11 is 0. The van der Waals surface area contributed by atoms with Gasteiger partial charge in [0.2, 0.25) is 0 Å². The molecule has 0 atom stereocenters. The minimum atomic E-state index is -0.627. The Balaban J connectivity index is 0.000000309. The molecule has 0 saturated carbocycles. The molecule has 0 aliphatic carbocycles. The second-order valence-corrected chi connectivity index (χ2v) is 4.36. The molecule has 0 bridgehead atoms. The van der Waals surface area contributed by atoms with Gasteiger partial charge in [0, 0.05) is 17.9 Å². The van der Waals surface area contributed by atoms with E-state index in [0.717, 1.165) is 16.5 Å². The summed E-state index contributed by atoms with van der Waals surface area (Å²) in [5.41, 5.74) is 8.04. The standard InChI is InChI=1S/C12H9N3O2.C3H6O2/c13-12(16)15-10-6-17-5-9-11(10)7-3-1-2-4-8(7)14-9;1-3(4)5-2/h1-6H,(H3,13,15,16);1-2H3. The highest BCUT2D eigenvalue weighted by molar-refractivity contribution is 6.05. The number of ether oxygens (including phenoxy) is 1. The predicted molar refractivity (Wildman–Crippen MR) is 81.5 cm³/mol. The predicted octanol–water partition coefficient (Wildman–Crippen LogP) is 2.60. The third-order valence-corrected chi connectivity index (χ3v) is 2.85. The molecule has 3 rings (SSSR count). The average Bonchev–Trinajstić information content (AvgIpc) is 2.86. The van der Waals surface area contributed by atoms with Gasteiger partial charge >= 0.3 is 12.0 Å². The number of rotatable bonds is 1. The van der Waals surface area contributed by atoms with Crippen LogP contribution in [0.5, 0.6) is 0 Å². The molecule has 7 nitrogen and oxygen atoms in total. The van der Waals surface area contributed by atoms with Crippen molar-refractivity contribution < 1.29 is 18.7 Å². The third-order valence-electron chi connectivity index (χ3n) is 2.85. The normalized spacial score (nSPS) is 9.91. The van der Waals surface area contributed by atoms with E-state index in [0.29, 0.717) is 11.4 Å². The highest BCUT2D eigenvalue weighted by Gasteiger charge is 2.17. The monoisotopic (exact) mass is 301 g/mol. The maximum atomic E-state index is 10.9. The lowest BCUT2D eigenvalue weighted by Crippen LogP contribution is -2.19. The van der Waals surface area contributed by atoms with Crippen LogP contribution in [-0.4, -0.2) is 24.1 Å². The molecule has 0 aromatic heterocycles. The van der Waals surface area contributed by atoms with Crippen LogP contribution >= 0.6 is 0 Å². The van der Waals surface area contributed by atoms with Crippen LogP contribution in [0.4, 0.5) is 10.5 Å². The minimum absolute atomic E-state index is 0.245. The van der Waals surface area contributed by atoms with Gasteiger partial charge in [-0.2, -0.15) is 0 Å². The maximum Gasteiger partial charge on any atom is 0.316 e.